The number of hydrogen-bond donors (Lipinski definition) is 1. The Morgan fingerprint density at radius 1 is 1.48 bits per heavy atom. The van der Waals surface area contributed by atoms with Crippen LogP contribution in [-0.4, -0.2) is 29.6 Å². The highest BCUT2D eigenvalue weighted by Gasteiger charge is 2.38. The Labute approximate surface area is 146 Å². The van der Waals surface area contributed by atoms with E-state index in [4.69, 9.17) is 17.3 Å². The summed E-state index contributed by atoms with van der Waals surface area (Å²) in [4.78, 5) is 12.8. The van der Waals surface area contributed by atoms with Crippen molar-refractivity contribution in [3.05, 3.63) is 56.4 Å². The molecule has 0 saturated heterocycles. The van der Waals surface area contributed by atoms with Crippen LogP contribution < -0.4 is 5.73 Å². The van der Waals surface area contributed by atoms with Gasteiger partial charge >= 0.3 is 0 Å². The molecule has 23 heavy (non-hydrogen) atoms. The second kappa shape index (κ2) is 5.76. The molecule has 0 saturated carbocycles. The number of allylic oxidation sites excluding steroid dienone is 2. The number of benzene rings is 1. The molecule has 1 aromatic rings. The Morgan fingerprint density at radius 2 is 2.17 bits per heavy atom. The fourth-order valence-corrected chi connectivity index (χ4v) is 3.72. The molecule has 120 valence electrons. The van der Waals surface area contributed by atoms with Gasteiger partial charge in [0.15, 0.2) is 5.78 Å². The van der Waals surface area contributed by atoms with Crippen molar-refractivity contribution in [1.29, 1.82) is 0 Å². The first-order valence-corrected chi connectivity index (χ1v) is 8.17. The molecule has 3 rings (SSSR count). The van der Waals surface area contributed by atoms with Gasteiger partial charge in [-0.2, -0.15) is 5.10 Å². The average Bonchev–Trinajstić information content (AvgIpc) is 2.78. The van der Waals surface area contributed by atoms with Crippen molar-refractivity contribution in [3.63, 3.8) is 0 Å². The van der Waals surface area contributed by atoms with Crippen molar-refractivity contribution in [1.82, 2.24) is 5.01 Å². The molecule has 2 aliphatic rings. The summed E-state index contributed by atoms with van der Waals surface area (Å²) < 4.78 is 14.0. The van der Waals surface area contributed by atoms with Crippen molar-refractivity contribution in [2.45, 2.75) is 13.0 Å². The predicted molar refractivity (Wildman–Crippen MR) is 92.1 cm³/mol. The van der Waals surface area contributed by atoms with Crippen LogP contribution in [0, 0.1) is 11.7 Å². The molecular weight excluding hydrogens is 385 g/mol. The zero-order chi connectivity index (χ0) is 16.9. The van der Waals surface area contributed by atoms with Crippen molar-refractivity contribution in [2.24, 2.45) is 16.8 Å². The molecule has 2 atom stereocenters. The van der Waals surface area contributed by atoms with Gasteiger partial charge < -0.3 is 5.73 Å². The largest absolute Gasteiger partial charge is 0.398 e. The van der Waals surface area contributed by atoms with E-state index in [9.17, 15) is 9.18 Å². The van der Waals surface area contributed by atoms with Gasteiger partial charge in [0.1, 0.15) is 5.82 Å². The monoisotopic (exact) mass is 397 g/mol. The minimum absolute atomic E-state index is 0.00825. The topological polar surface area (TPSA) is 58.7 Å². The number of hydrazone groups is 1. The lowest BCUT2D eigenvalue weighted by Gasteiger charge is -2.23. The van der Waals surface area contributed by atoms with E-state index in [1.165, 1.54) is 12.1 Å². The van der Waals surface area contributed by atoms with Gasteiger partial charge in [-0.1, -0.05) is 11.6 Å². The Morgan fingerprint density at radius 3 is 2.87 bits per heavy atom. The number of halogens is 3. The molecule has 1 aliphatic carbocycles. The molecule has 1 aromatic carbocycles. The summed E-state index contributed by atoms with van der Waals surface area (Å²) in [6, 6.07) is 3.82. The number of fused-ring (bicyclic) bond motifs is 1. The molecule has 0 radical (unpaired) electrons. The maximum Gasteiger partial charge on any atom is 0.197 e. The van der Waals surface area contributed by atoms with Crippen molar-refractivity contribution in [3.8, 4) is 0 Å². The van der Waals surface area contributed by atoms with Gasteiger partial charge in [-0.05, 0) is 47.1 Å². The lowest BCUT2D eigenvalue weighted by atomic mass is 9.86. The zero-order valence-corrected chi connectivity index (χ0v) is 14.8. The second-order valence-electron chi connectivity index (χ2n) is 5.59. The third-order valence-corrected chi connectivity index (χ3v) is 5.31. The first kappa shape index (κ1) is 16.2. The van der Waals surface area contributed by atoms with Gasteiger partial charge in [0, 0.05) is 24.2 Å². The summed E-state index contributed by atoms with van der Waals surface area (Å²) in [6.07, 6.45) is 1.82. The van der Waals surface area contributed by atoms with Crippen LogP contribution >= 0.6 is 27.5 Å². The van der Waals surface area contributed by atoms with Gasteiger partial charge in [-0.15, -0.1) is 0 Å². The Balaban J connectivity index is 2.10. The fourth-order valence-electron chi connectivity index (χ4n) is 2.77. The molecule has 0 fully saturated rings. The second-order valence-corrected chi connectivity index (χ2v) is 6.79. The summed E-state index contributed by atoms with van der Waals surface area (Å²) in [7, 11) is 1.87. The van der Waals surface area contributed by atoms with E-state index >= 15 is 0 Å². The number of carbonyl (C=O) groups is 1. The average molecular weight is 399 g/mol. The molecule has 4 nitrogen and oxygen atoms in total. The number of Topliss-reactive ketones (excluding diaryl/α,β-unsaturated/α-hetero) is 1. The summed E-state index contributed by atoms with van der Waals surface area (Å²) in [5, 5.41) is 6.46. The first-order valence-electron chi connectivity index (χ1n) is 7.00. The lowest BCUT2D eigenvalue weighted by Crippen LogP contribution is -2.31. The minimum Gasteiger partial charge on any atom is -0.398 e. The van der Waals surface area contributed by atoms with E-state index in [1.54, 1.807) is 0 Å². The van der Waals surface area contributed by atoms with Gasteiger partial charge in [0.2, 0.25) is 0 Å². The van der Waals surface area contributed by atoms with E-state index in [-0.39, 0.29) is 28.1 Å². The SMILES string of the molecule is CC1C2C=C(N)C(C(=O)c3cc(F)ccc3Cl)=C(Br)C2=NN1C. The van der Waals surface area contributed by atoms with E-state index < -0.39 is 11.6 Å². The maximum absolute atomic E-state index is 13.5. The predicted octanol–water partition coefficient (Wildman–Crippen LogP) is 3.47. The number of ketones is 1. The highest BCUT2D eigenvalue weighted by Crippen LogP contribution is 2.37. The molecule has 1 heterocycles. The minimum atomic E-state index is -0.530. The van der Waals surface area contributed by atoms with Gasteiger partial charge in [-0.3, -0.25) is 9.80 Å². The van der Waals surface area contributed by atoms with Crippen molar-refractivity contribution in [2.75, 3.05) is 7.05 Å². The Kier molecular flexibility index (Phi) is 4.06. The van der Waals surface area contributed by atoms with E-state index in [2.05, 4.69) is 21.0 Å². The quantitative estimate of drug-likeness (QED) is 0.776. The van der Waals surface area contributed by atoms with Crippen LogP contribution in [0.25, 0.3) is 0 Å². The lowest BCUT2D eigenvalue weighted by molar-refractivity contribution is 0.103. The number of hydrogen-bond acceptors (Lipinski definition) is 4. The van der Waals surface area contributed by atoms with Crippen LogP contribution in [0.1, 0.15) is 17.3 Å². The van der Waals surface area contributed by atoms with Crippen LogP contribution in [0.5, 0.6) is 0 Å². The Bertz CT molecular complexity index is 803. The number of nitrogens with two attached hydrogens (primary N) is 1. The normalized spacial score (nSPS) is 23.6. The summed E-state index contributed by atoms with van der Waals surface area (Å²) in [5.41, 5.74) is 7.52. The first-order chi connectivity index (χ1) is 10.8. The van der Waals surface area contributed by atoms with Gasteiger partial charge in [-0.25, -0.2) is 4.39 Å². The van der Waals surface area contributed by atoms with Crippen LogP contribution in [0.15, 0.2) is 45.1 Å². The highest BCUT2D eigenvalue weighted by atomic mass is 79.9. The zero-order valence-electron chi connectivity index (χ0n) is 12.5. The molecule has 0 spiro atoms. The molecule has 7 heteroatoms. The maximum atomic E-state index is 13.5. The smallest absolute Gasteiger partial charge is 0.197 e. The van der Waals surface area contributed by atoms with Crippen LogP contribution in [0.2, 0.25) is 5.02 Å². The molecular formula is C16H14BrClFN3O. The summed E-state index contributed by atoms with van der Waals surface area (Å²) in [5.74, 6) is -0.954. The third-order valence-electron chi connectivity index (χ3n) is 4.18. The van der Waals surface area contributed by atoms with Crippen molar-refractivity contribution >= 4 is 39.0 Å². The fraction of sp³-hybridized carbons (Fsp3) is 0.250. The van der Waals surface area contributed by atoms with Crippen LogP contribution in [0.4, 0.5) is 4.39 Å². The number of rotatable bonds is 2. The highest BCUT2D eigenvalue weighted by molar-refractivity contribution is 9.12. The molecule has 0 bridgehead atoms. The van der Waals surface area contributed by atoms with Crippen LogP contribution in [-0.2, 0) is 0 Å². The van der Waals surface area contributed by atoms with Gasteiger partial charge in [0.25, 0.3) is 0 Å². The van der Waals surface area contributed by atoms with Crippen molar-refractivity contribution < 1.29 is 9.18 Å². The summed E-state index contributed by atoms with van der Waals surface area (Å²) >= 11 is 9.48. The van der Waals surface area contributed by atoms with E-state index in [0.29, 0.717) is 10.2 Å². The van der Waals surface area contributed by atoms with Crippen LogP contribution in [0.3, 0.4) is 0 Å². The standard InChI is InChI=1S/C16H14BrClFN3O/c1-7-9-6-12(20)13(14(17)15(9)21-22(7)2)16(23)10-5-8(19)3-4-11(10)18/h3-7,9H,20H2,1-2H3. The van der Waals surface area contributed by atoms with E-state index in [0.717, 1.165) is 11.8 Å². The molecule has 0 amide bonds. The summed E-state index contributed by atoms with van der Waals surface area (Å²) in [6.45, 7) is 2.03. The third kappa shape index (κ3) is 2.60. The molecule has 2 N–H and O–H groups in total. The Hall–Kier alpha value is -1.66. The number of nitrogens with zero attached hydrogens (tertiary/aromatic N) is 2. The number of carbonyl (C=O) groups excluding carboxylic acids is 1. The molecule has 0 aromatic heterocycles. The molecule has 2 unspecified atom stereocenters. The van der Waals surface area contributed by atoms with Gasteiger partial charge in [0.05, 0.1) is 26.8 Å². The molecule has 1 aliphatic heterocycles. The van der Waals surface area contributed by atoms with E-state index in [1.807, 2.05) is 25.1 Å².